The van der Waals surface area contributed by atoms with Gasteiger partial charge < -0.3 is 15.2 Å². The molecular formula is C19H24ClNO3. The van der Waals surface area contributed by atoms with Crippen molar-refractivity contribution in [2.75, 3.05) is 13.1 Å². The zero-order valence-corrected chi connectivity index (χ0v) is 14.6. The first kappa shape index (κ1) is 20.0. The number of aliphatic carboxylic acids is 1. The van der Waals surface area contributed by atoms with E-state index in [0.29, 0.717) is 19.1 Å². The van der Waals surface area contributed by atoms with Crippen LogP contribution in [0, 0.1) is 5.92 Å². The van der Waals surface area contributed by atoms with Crippen LogP contribution >= 0.6 is 12.4 Å². The molecule has 0 saturated heterocycles. The zero-order chi connectivity index (χ0) is 16.5. The van der Waals surface area contributed by atoms with E-state index in [0.717, 1.165) is 17.7 Å². The predicted octanol–water partition coefficient (Wildman–Crippen LogP) is 3.54. The summed E-state index contributed by atoms with van der Waals surface area (Å²) in [5.41, 5.74) is 2.37. The highest BCUT2D eigenvalue weighted by molar-refractivity contribution is 5.85. The Morgan fingerprint density at radius 2 is 1.75 bits per heavy atom. The monoisotopic (exact) mass is 349 g/mol. The van der Waals surface area contributed by atoms with Gasteiger partial charge in [0.2, 0.25) is 0 Å². The molecule has 130 valence electrons. The topological polar surface area (TPSA) is 58.6 Å². The maximum absolute atomic E-state index is 10.5. The van der Waals surface area contributed by atoms with Crippen molar-refractivity contribution in [3.8, 4) is 5.75 Å². The van der Waals surface area contributed by atoms with Crippen LogP contribution in [-0.4, -0.2) is 24.2 Å². The molecule has 0 saturated carbocycles. The van der Waals surface area contributed by atoms with Crippen molar-refractivity contribution < 1.29 is 14.6 Å². The largest absolute Gasteiger partial charge is 0.489 e. The number of hydrogen-bond donors (Lipinski definition) is 2. The SMILES string of the molecule is C[C@@H](CNCC(=O)O)Cc1ccc(OCc2ccccc2)cc1.Cl. The number of halogens is 1. The number of carboxylic acids is 1. The first-order valence-corrected chi connectivity index (χ1v) is 7.81. The lowest BCUT2D eigenvalue weighted by atomic mass is 10.0. The summed E-state index contributed by atoms with van der Waals surface area (Å²) >= 11 is 0. The van der Waals surface area contributed by atoms with E-state index in [-0.39, 0.29) is 19.0 Å². The van der Waals surface area contributed by atoms with Gasteiger partial charge in [0.05, 0.1) is 6.54 Å². The fourth-order valence-corrected chi connectivity index (χ4v) is 2.36. The summed E-state index contributed by atoms with van der Waals surface area (Å²) < 4.78 is 5.77. The number of ether oxygens (including phenoxy) is 1. The lowest BCUT2D eigenvalue weighted by molar-refractivity contribution is -0.135. The Morgan fingerprint density at radius 1 is 1.08 bits per heavy atom. The molecule has 0 heterocycles. The Bertz CT molecular complexity index is 602. The van der Waals surface area contributed by atoms with Crippen LogP contribution in [0.5, 0.6) is 5.75 Å². The second-order valence-corrected chi connectivity index (χ2v) is 5.75. The summed E-state index contributed by atoms with van der Waals surface area (Å²) in [6, 6.07) is 18.2. The van der Waals surface area contributed by atoms with Crippen molar-refractivity contribution >= 4 is 18.4 Å². The molecule has 2 rings (SSSR count). The number of rotatable bonds is 9. The molecule has 4 nitrogen and oxygen atoms in total. The van der Waals surface area contributed by atoms with E-state index in [4.69, 9.17) is 9.84 Å². The van der Waals surface area contributed by atoms with Crippen molar-refractivity contribution in [3.63, 3.8) is 0 Å². The molecule has 0 amide bonds. The lowest BCUT2D eigenvalue weighted by Gasteiger charge is -2.12. The minimum Gasteiger partial charge on any atom is -0.489 e. The van der Waals surface area contributed by atoms with Crippen molar-refractivity contribution in [1.29, 1.82) is 0 Å². The highest BCUT2D eigenvalue weighted by Gasteiger charge is 2.05. The Kier molecular flexibility index (Phi) is 8.90. The molecule has 2 N–H and O–H groups in total. The minimum atomic E-state index is -0.822. The summed E-state index contributed by atoms with van der Waals surface area (Å²) in [6.07, 6.45) is 0.908. The number of hydrogen-bond acceptors (Lipinski definition) is 3. The highest BCUT2D eigenvalue weighted by atomic mass is 35.5. The van der Waals surface area contributed by atoms with E-state index < -0.39 is 5.97 Å². The van der Waals surface area contributed by atoms with E-state index >= 15 is 0 Å². The molecule has 0 unspecified atom stereocenters. The van der Waals surface area contributed by atoms with Crippen molar-refractivity contribution in [2.45, 2.75) is 20.0 Å². The van der Waals surface area contributed by atoms with Gasteiger partial charge in [-0.3, -0.25) is 4.79 Å². The molecule has 0 aliphatic heterocycles. The molecule has 24 heavy (non-hydrogen) atoms. The molecule has 0 spiro atoms. The Hall–Kier alpha value is -2.04. The average molecular weight is 350 g/mol. The van der Waals surface area contributed by atoms with E-state index in [1.807, 2.05) is 42.5 Å². The van der Waals surface area contributed by atoms with Gasteiger partial charge in [0.25, 0.3) is 0 Å². The molecule has 0 radical (unpaired) electrons. The van der Waals surface area contributed by atoms with Crippen LogP contribution < -0.4 is 10.1 Å². The Balaban J connectivity index is 0.00000288. The van der Waals surface area contributed by atoms with Gasteiger partial charge in [0.15, 0.2) is 0 Å². The van der Waals surface area contributed by atoms with Crippen LogP contribution in [0.3, 0.4) is 0 Å². The zero-order valence-electron chi connectivity index (χ0n) is 13.8. The maximum atomic E-state index is 10.5. The third-order valence-electron chi connectivity index (χ3n) is 3.52. The molecule has 2 aromatic carbocycles. The minimum absolute atomic E-state index is 0. The van der Waals surface area contributed by atoms with Gasteiger partial charge in [-0.15, -0.1) is 12.4 Å². The number of carboxylic acid groups (broad SMARTS) is 1. The molecule has 0 aliphatic rings. The fourth-order valence-electron chi connectivity index (χ4n) is 2.36. The summed E-state index contributed by atoms with van der Waals surface area (Å²) in [5, 5.41) is 11.5. The summed E-state index contributed by atoms with van der Waals surface area (Å²) in [6.45, 7) is 3.37. The second kappa shape index (κ2) is 10.7. The van der Waals surface area contributed by atoms with Crippen molar-refractivity contribution in [3.05, 3.63) is 65.7 Å². The quantitative estimate of drug-likeness (QED) is 0.727. The van der Waals surface area contributed by atoms with Crippen LogP contribution in [0.15, 0.2) is 54.6 Å². The van der Waals surface area contributed by atoms with Gasteiger partial charge in [0.1, 0.15) is 12.4 Å². The summed E-state index contributed by atoms with van der Waals surface area (Å²) in [4.78, 5) is 10.5. The number of nitrogens with one attached hydrogen (secondary N) is 1. The Morgan fingerprint density at radius 3 is 2.38 bits per heavy atom. The molecule has 0 fully saturated rings. The van der Waals surface area contributed by atoms with Gasteiger partial charge in [-0.1, -0.05) is 49.4 Å². The predicted molar refractivity (Wildman–Crippen MR) is 97.8 cm³/mol. The van der Waals surface area contributed by atoms with Crippen molar-refractivity contribution in [2.24, 2.45) is 5.92 Å². The lowest BCUT2D eigenvalue weighted by Crippen LogP contribution is -2.27. The molecule has 1 atom stereocenters. The van der Waals surface area contributed by atoms with Gasteiger partial charge in [0, 0.05) is 0 Å². The highest BCUT2D eigenvalue weighted by Crippen LogP contribution is 2.16. The first-order valence-electron chi connectivity index (χ1n) is 7.81. The molecule has 0 aromatic heterocycles. The molecule has 0 aliphatic carbocycles. The van der Waals surface area contributed by atoms with Crippen LogP contribution in [0.4, 0.5) is 0 Å². The second-order valence-electron chi connectivity index (χ2n) is 5.75. The third kappa shape index (κ3) is 7.49. The Labute approximate surface area is 149 Å². The van der Waals surface area contributed by atoms with Gasteiger partial charge in [-0.2, -0.15) is 0 Å². The maximum Gasteiger partial charge on any atom is 0.317 e. The van der Waals surface area contributed by atoms with E-state index in [1.165, 1.54) is 5.56 Å². The van der Waals surface area contributed by atoms with Crippen LogP contribution in [0.25, 0.3) is 0 Å². The third-order valence-corrected chi connectivity index (χ3v) is 3.52. The fraction of sp³-hybridized carbons (Fsp3) is 0.316. The summed E-state index contributed by atoms with van der Waals surface area (Å²) in [7, 11) is 0. The van der Waals surface area contributed by atoms with E-state index in [1.54, 1.807) is 0 Å². The summed E-state index contributed by atoms with van der Waals surface area (Å²) in [5.74, 6) is 0.414. The standard InChI is InChI=1S/C19H23NO3.ClH/c1-15(12-20-13-19(21)22)11-16-7-9-18(10-8-16)23-14-17-5-3-2-4-6-17;/h2-10,15,20H,11-14H2,1H3,(H,21,22);1H/t15-;/m1./s1. The van der Waals surface area contributed by atoms with Gasteiger partial charge in [-0.25, -0.2) is 0 Å². The van der Waals surface area contributed by atoms with Crippen molar-refractivity contribution in [1.82, 2.24) is 5.32 Å². The van der Waals surface area contributed by atoms with Gasteiger partial charge >= 0.3 is 5.97 Å². The van der Waals surface area contributed by atoms with E-state index in [9.17, 15) is 4.79 Å². The number of benzene rings is 2. The number of carbonyl (C=O) groups is 1. The normalized spacial score (nSPS) is 11.4. The van der Waals surface area contributed by atoms with Crippen LogP contribution in [-0.2, 0) is 17.8 Å². The van der Waals surface area contributed by atoms with E-state index in [2.05, 4.69) is 24.4 Å². The van der Waals surface area contributed by atoms with Gasteiger partial charge in [-0.05, 0) is 42.1 Å². The molecule has 0 bridgehead atoms. The molecule has 5 heteroatoms. The van der Waals surface area contributed by atoms with Crippen LogP contribution in [0.1, 0.15) is 18.1 Å². The first-order chi connectivity index (χ1) is 11.1. The van der Waals surface area contributed by atoms with Crippen LogP contribution in [0.2, 0.25) is 0 Å². The average Bonchev–Trinajstić information content (AvgIpc) is 2.55. The smallest absolute Gasteiger partial charge is 0.317 e. The molecular weight excluding hydrogens is 326 g/mol. The molecule has 2 aromatic rings.